The lowest BCUT2D eigenvalue weighted by Gasteiger charge is -2.12. The summed E-state index contributed by atoms with van der Waals surface area (Å²) in [5.74, 6) is 0.978. The topological polar surface area (TPSA) is 94.8 Å². The molecule has 4 aromatic heterocycles. The van der Waals surface area contributed by atoms with Crippen LogP contribution in [0, 0.1) is 11.7 Å². The Kier molecular flexibility index (Phi) is 8.28. The molecule has 1 saturated carbocycles. The van der Waals surface area contributed by atoms with Gasteiger partial charge in [-0.25, -0.2) is 4.39 Å². The summed E-state index contributed by atoms with van der Waals surface area (Å²) in [5.41, 5.74) is 8.08. The normalized spacial score (nSPS) is 13.9. The Morgan fingerprint density at radius 1 is 0.956 bits per heavy atom. The lowest BCUT2D eigenvalue weighted by Crippen LogP contribution is -2.20. The van der Waals surface area contributed by atoms with E-state index < -0.39 is 0 Å². The van der Waals surface area contributed by atoms with Crippen molar-refractivity contribution in [1.82, 2.24) is 35.4 Å². The van der Waals surface area contributed by atoms with Crippen LogP contribution in [0.15, 0.2) is 73.2 Å². The number of aromatic nitrogens is 5. The number of hydrogen-bond acceptors (Lipinski definition) is 6. The molecule has 230 valence electrons. The van der Waals surface area contributed by atoms with Crippen LogP contribution in [0.5, 0.6) is 5.75 Å². The molecule has 3 N–H and O–H groups in total. The molecule has 0 bridgehead atoms. The molecular formula is C36H38FN7O. The number of halogens is 1. The van der Waals surface area contributed by atoms with Crippen molar-refractivity contribution < 1.29 is 9.13 Å². The first-order valence-corrected chi connectivity index (χ1v) is 15.7. The van der Waals surface area contributed by atoms with E-state index in [1.807, 2.05) is 61.9 Å². The standard InChI is InChI=1S/C36H38FN7O/c1-44(2)10-11-45-28-14-25(13-27(37)15-28)29-8-5-9-32-30(29)16-34(41-32)36-31-17-33(40-22-35(31)42-43-36)26-12-24(20-39-21-26)19-38-18-23-6-3-4-7-23/h5,8-9,12-17,20-23,38,41H,3-4,6-7,10-11,18-19H2,1-2H3,(H,42,43). The van der Waals surface area contributed by atoms with E-state index in [-0.39, 0.29) is 5.82 Å². The number of ether oxygens (including phenoxy) is 1. The van der Waals surface area contributed by atoms with Gasteiger partial charge >= 0.3 is 0 Å². The molecule has 4 heterocycles. The van der Waals surface area contributed by atoms with Crippen LogP contribution < -0.4 is 10.1 Å². The molecule has 45 heavy (non-hydrogen) atoms. The average Bonchev–Trinajstić information content (AvgIpc) is 3.80. The van der Waals surface area contributed by atoms with Crippen molar-refractivity contribution in [3.05, 3.63) is 84.6 Å². The zero-order valence-electron chi connectivity index (χ0n) is 25.7. The maximum absolute atomic E-state index is 14.7. The lowest BCUT2D eigenvalue weighted by molar-refractivity contribution is 0.260. The van der Waals surface area contributed by atoms with Crippen LogP contribution in [0.2, 0.25) is 0 Å². The summed E-state index contributed by atoms with van der Waals surface area (Å²) in [6, 6.07) is 17.2. The molecule has 0 unspecified atom stereocenters. The Bertz CT molecular complexity index is 1940. The largest absolute Gasteiger partial charge is 0.492 e. The summed E-state index contributed by atoms with van der Waals surface area (Å²) >= 11 is 0. The van der Waals surface area contributed by atoms with Gasteiger partial charge < -0.3 is 19.9 Å². The number of aromatic amines is 2. The van der Waals surface area contributed by atoms with Gasteiger partial charge in [0.05, 0.1) is 23.1 Å². The second kappa shape index (κ2) is 12.8. The number of pyridine rings is 2. The Balaban J connectivity index is 1.17. The number of hydrogen-bond donors (Lipinski definition) is 3. The van der Waals surface area contributed by atoms with Crippen LogP contribution in [0.3, 0.4) is 0 Å². The summed E-state index contributed by atoms with van der Waals surface area (Å²) in [5, 5.41) is 13.4. The predicted molar refractivity (Wildman–Crippen MR) is 178 cm³/mol. The Morgan fingerprint density at radius 3 is 2.71 bits per heavy atom. The molecular weight excluding hydrogens is 565 g/mol. The third-order valence-corrected chi connectivity index (χ3v) is 8.68. The zero-order valence-corrected chi connectivity index (χ0v) is 25.7. The van der Waals surface area contributed by atoms with E-state index >= 15 is 0 Å². The lowest BCUT2D eigenvalue weighted by atomic mass is 10.0. The van der Waals surface area contributed by atoms with E-state index in [1.54, 1.807) is 6.07 Å². The minimum Gasteiger partial charge on any atom is -0.492 e. The van der Waals surface area contributed by atoms with Crippen LogP contribution in [0.25, 0.3) is 55.6 Å². The van der Waals surface area contributed by atoms with Crippen LogP contribution in [0.1, 0.15) is 31.2 Å². The first-order valence-electron chi connectivity index (χ1n) is 15.7. The molecule has 0 amide bonds. The summed E-state index contributed by atoms with van der Waals surface area (Å²) < 4.78 is 20.6. The Labute approximate surface area is 262 Å². The van der Waals surface area contributed by atoms with Gasteiger partial charge in [0, 0.05) is 53.4 Å². The van der Waals surface area contributed by atoms with Crippen LogP contribution in [-0.2, 0) is 6.54 Å². The van der Waals surface area contributed by atoms with Crippen LogP contribution in [0.4, 0.5) is 4.39 Å². The fourth-order valence-electron chi connectivity index (χ4n) is 6.32. The van der Waals surface area contributed by atoms with Crippen molar-refractivity contribution in [1.29, 1.82) is 0 Å². The highest BCUT2D eigenvalue weighted by atomic mass is 19.1. The smallest absolute Gasteiger partial charge is 0.127 e. The van der Waals surface area contributed by atoms with E-state index in [0.717, 1.165) is 86.7 Å². The second-order valence-corrected chi connectivity index (χ2v) is 12.3. The number of rotatable bonds is 11. The van der Waals surface area contributed by atoms with Crippen LogP contribution >= 0.6 is 0 Å². The molecule has 0 radical (unpaired) electrons. The zero-order chi connectivity index (χ0) is 30.8. The van der Waals surface area contributed by atoms with Gasteiger partial charge in [0.1, 0.15) is 23.9 Å². The van der Waals surface area contributed by atoms with Gasteiger partial charge in [-0.3, -0.25) is 15.1 Å². The van der Waals surface area contributed by atoms with Crippen molar-refractivity contribution in [2.75, 3.05) is 33.8 Å². The Morgan fingerprint density at radius 2 is 1.84 bits per heavy atom. The molecule has 1 fully saturated rings. The summed E-state index contributed by atoms with van der Waals surface area (Å²) in [4.78, 5) is 14.8. The van der Waals surface area contributed by atoms with Gasteiger partial charge in [0.25, 0.3) is 0 Å². The molecule has 1 aliphatic rings. The molecule has 6 aromatic rings. The van der Waals surface area contributed by atoms with Gasteiger partial charge in [0.15, 0.2) is 0 Å². The minimum absolute atomic E-state index is 0.332. The average molecular weight is 604 g/mol. The number of fused-ring (bicyclic) bond motifs is 2. The first kappa shape index (κ1) is 29.1. The quantitative estimate of drug-likeness (QED) is 0.145. The van der Waals surface area contributed by atoms with Crippen molar-refractivity contribution in [3.63, 3.8) is 0 Å². The van der Waals surface area contributed by atoms with Crippen molar-refractivity contribution in [2.45, 2.75) is 32.2 Å². The van der Waals surface area contributed by atoms with E-state index in [1.165, 1.54) is 31.7 Å². The molecule has 0 atom stereocenters. The van der Waals surface area contributed by atoms with Crippen molar-refractivity contribution in [3.8, 4) is 39.5 Å². The Hall–Kier alpha value is -4.60. The summed E-state index contributed by atoms with van der Waals surface area (Å²) in [6.45, 7) is 3.08. The molecule has 0 saturated heterocycles. The number of likely N-dealkylation sites (N-methyl/N-ethyl adjacent to an activating group) is 1. The summed E-state index contributed by atoms with van der Waals surface area (Å²) in [6.07, 6.45) is 11.0. The fraction of sp³-hybridized carbons (Fsp3) is 0.306. The minimum atomic E-state index is -0.332. The first-order chi connectivity index (χ1) is 22.0. The highest BCUT2D eigenvalue weighted by Crippen LogP contribution is 2.36. The molecule has 7 rings (SSSR count). The summed E-state index contributed by atoms with van der Waals surface area (Å²) in [7, 11) is 3.96. The molecule has 9 heteroatoms. The molecule has 1 aliphatic carbocycles. The number of benzene rings is 2. The second-order valence-electron chi connectivity index (χ2n) is 12.3. The van der Waals surface area contributed by atoms with Gasteiger partial charge in [0.2, 0.25) is 0 Å². The monoisotopic (exact) mass is 603 g/mol. The van der Waals surface area contributed by atoms with E-state index in [0.29, 0.717) is 12.4 Å². The van der Waals surface area contributed by atoms with Crippen molar-refractivity contribution in [2.24, 2.45) is 5.92 Å². The molecule has 0 aliphatic heterocycles. The third-order valence-electron chi connectivity index (χ3n) is 8.68. The number of H-pyrrole nitrogens is 2. The molecule has 2 aromatic carbocycles. The van der Waals surface area contributed by atoms with E-state index in [4.69, 9.17) is 9.72 Å². The van der Waals surface area contributed by atoms with E-state index in [2.05, 4.69) is 43.7 Å². The predicted octanol–water partition coefficient (Wildman–Crippen LogP) is 7.19. The fourth-order valence-corrected chi connectivity index (χ4v) is 6.32. The van der Waals surface area contributed by atoms with Gasteiger partial charge in [-0.15, -0.1) is 0 Å². The number of nitrogens with one attached hydrogen (secondary N) is 3. The number of nitrogens with zero attached hydrogens (tertiary/aromatic N) is 4. The molecule has 8 nitrogen and oxygen atoms in total. The van der Waals surface area contributed by atoms with Gasteiger partial charge in [-0.1, -0.05) is 25.0 Å². The third kappa shape index (κ3) is 6.45. The molecule has 0 spiro atoms. The maximum Gasteiger partial charge on any atom is 0.127 e. The highest BCUT2D eigenvalue weighted by Gasteiger charge is 2.17. The van der Waals surface area contributed by atoms with Crippen LogP contribution in [-0.4, -0.2) is 63.8 Å². The van der Waals surface area contributed by atoms with Crippen molar-refractivity contribution >= 4 is 21.8 Å². The maximum atomic E-state index is 14.7. The van der Waals surface area contributed by atoms with Gasteiger partial charge in [-0.2, -0.15) is 5.10 Å². The van der Waals surface area contributed by atoms with E-state index in [9.17, 15) is 4.39 Å². The SMILES string of the molecule is CN(C)CCOc1cc(F)cc(-c2cccc3[nH]c(-c4n[nH]c5cnc(-c6cncc(CNCC7CCCC7)c6)cc45)cc23)c1. The van der Waals surface area contributed by atoms with Gasteiger partial charge in [-0.05, 0) is 92.5 Å². The highest BCUT2D eigenvalue weighted by molar-refractivity contribution is 6.01.